The second-order valence-electron chi connectivity index (χ2n) is 5.32. The van der Waals surface area contributed by atoms with Crippen molar-refractivity contribution in [1.29, 1.82) is 0 Å². The molecule has 0 atom stereocenters. The van der Waals surface area contributed by atoms with Gasteiger partial charge in [0, 0.05) is 12.3 Å². The first-order valence-electron chi connectivity index (χ1n) is 7.30. The molecule has 0 amide bonds. The molecule has 100 valence electrons. The van der Waals surface area contributed by atoms with Gasteiger partial charge in [0.15, 0.2) is 11.5 Å². The Balaban J connectivity index is 1.69. The van der Waals surface area contributed by atoms with Crippen LogP contribution >= 0.6 is 0 Å². The number of aromatic nitrogens is 1. The first kappa shape index (κ1) is 13.3. The number of unbranched alkanes of at least 4 members (excludes halogenated alkanes) is 5. The van der Waals surface area contributed by atoms with Crippen LogP contribution in [0.15, 0.2) is 10.7 Å². The zero-order valence-electron chi connectivity index (χ0n) is 11.3. The van der Waals surface area contributed by atoms with E-state index in [2.05, 4.69) is 12.1 Å². The van der Waals surface area contributed by atoms with Crippen LogP contribution in [0.5, 0.6) is 0 Å². The number of rotatable bonds is 9. The van der Waals surface area contributed by atoms with Gasteiger partial charge in [0.2, 0.25) is 0 Å². The molecule has 1 aliphatic carbocycles. The maximum Gasteiger partial charge on any atom is 0.168 e. The van der Waals surface area contributed by atoms with E-state index in [1.54, 1.807) is 6.20 Å². The first-order valence-corrected chi connectivity index (χ1v) is 7.30. The molecule has 2 rings (SSSR count). The lowest BCUT2D eigenvalue weighted by atomic mass is 10.0. The Morgan fingerprint density at radius 1 is 1.28 bits per heavy atom. The van der Waals surface area contributed by atoms with E-state index in [9.17, 15) is 4.79 Å². The molecule has 0 spiro atoms. The molecule has 0 radical (unpaired) electrons. The van der Waals surface area contributed by atoms with Crippen LogP contribution in [0.3, 0.4) is 0 Å². The topological polar surface area (TPSA) is 43.1 Å². The second-order valence-corrected chi connectivity index (χ2v) is 5.32. The van der Waals surface area contributed by atoms with Gasteiger partial charge in [0.1, 0.15) is 0 Å². The maximum atomic E-state index is 12.0. The molecular formula is C15H23NO2. The number of carbonyl (C=O) groups excluding carboxylic acids is 1. The van der Waals surface area contributed by atoms with Gasteiger partial charge in [-0.25, -0.2) is 0 Å². The Labute approximate surface area is 109 Å². The Hall–Kier alpha value is -1.12. The number of ketones is 1. The van der Waals surface area contributed by atoms with E-state index >= 15 is 0 Å². The largest absolute Gasteiger partial charge is 0.360 e. The number of nitrogens with zero attached hydrogens (tertiary/aromatic N) is 1. The van der Waals surface area contributed by atoms with Crippen molar-refractivity contribution in [2.24, 2.45) is 0 Å². The average molecular weight is 249 g/mol. The van der Waals surface area contributed by atoms with Crippen LogP contribution in [0.25, 0.3) is 0 Å². The van der Waals surface area contributed by atoms with E-state index in [0.29, 0.717) is 12.3 Å². The minimum Gasteiger partial charge on any atom is -0.360 e. The van der Waals surface area contributed by atoms with Gasteiger partial charge in [-0.3, -0.25) is 4.79 Å². The van der Waals surface area contributed by atoms with Crippen LogP contribution in [-0.2, 0) is 0 Å². The van der Waals surface area contributed by atoms with E-state index < -0.39 is 0 Å². The van der Waals surface area contributed by atoms with Crippen LogP contribution in [0, 0.1) is 0 Å². The molecule has 3 nitrogen and oxygen atoms in total. The quantitative estimate of drug-likeness (QED) is 0.478. The lowest BCUT2D eigenvalue weighted by Gasteiger charge is -2.01. The highest BCUT2D eigenvalue weighted by atomic mass is 16.5. The smallest absolute Gasteiger partial charge is 0.168 e. The third kappa shape index (κ3) is 3.69. The summed E-state index contributed by atoms with van der Waals surface area (Å²) in [5, 5.41) is 3.78. The lowest BCUT2D eigenvalue weighted by molar-refractivity contribution is 0.0977. The van der Waals surface area contributed by atoms with Gasteiger partial charge in [-0.15, -0.1) is 0 Å². The SMILES string of the molecule is CCCCCCCCC(=O)c1cnoc1C1CC1. The van der Waals surface area contributed by atoms with Crippen molar-refractivity contribution >= 4 is 5.78 Å². The number of carbonyl (C=O) groups is 1. The minimum atomic E-state index is 0.216. The molecule has 3 heteroatoms. The molecule has 1 aliphatic rings. The van der Waals surface area contributed by atoms with Gasteiger partial charge in [-0.05, 0) is 19.3 Å². The fourth-order valence-corrected chi connectivity index (χ4v) is 2.30. The predicted octanol–water partition coefficient (Wildman–Crippen LogP) is 4.49. The first-order chi connectivity index (χ1) is 8.83. The Morgan fingerprint density at radius 3 is 2.72 bits per heavy atom. The van der Waals surface area contributed by atoms with Crippen LogP contribution in [0.2, 0.25) is 0 Å². The molecule has 1 heterocycles. The summed E-state index contributed by atoms with van der Waals surface area (Å²) >= 11 is 0. The summed E-state index contributed by atoms with van der Waals surface area (Å²) in [6.07, 6.45) is 11.8. The summed E-state index contributed by atoms with van der Waals surface area (Å²) in [7, 11) is 0. The molecular weight excluding hydrogens is 226 g/mol. The van der Waals surface area contributed by atoms with E-state index in [-0.39, 0.29) is 5.78 Å². The third-order valence-electron chi connectivity index (χ3n) is 3.60. The van der Waals surface area contributed by atoms with Crippen LogP contribution < -0.4 is 0 Å². The molecule has 0 aromatic carbocycles. The fraction of sp³-hybridized carbons (Fsp3) is 0.733. The maximum absolute atomic E-state index is 12.0. The number of Topliss-reactive ketones (excluding diaryl/α,β-unsaturated/α-hetero) is 1. The standard InChI is InChI=1S/C15H23NO2/c1-2-3-4-5-6-7-8-14(17)13-11-16-18-15(13)12-9-10-12/h11-12H,2-10H2,1H3. The van der Waals surface area contributed by atoms with Crippen LogP contribution in [0.1, 0.15) is 86.7 Å². The van der Waals surface area contributed by atoms with E-state index in [4.69, 9.17) is 4.52 Å². The molecule has 0 N–H and O–H groups in total. The molecule has 1 fully saturated rings. The Morgan fingerprint density at radius 2 is 2.00 bits per heavy atom. The van der Waals surface area contributed by atoms with Gasteiger partial charge in [-0.2, -0.15) is 0 Å². The summed E-state index contributed by atoms with van der Waals surface area (Å²) in [5.74, 6) is 1.52. The van der Waals surface area contributed by atoms with Gasteiger partial charge in [0.25, 0.3) is 0 Å². The fourth-order valence-electron chi connectivity index (χ4n) is 2.30. The highest BCUT2D eigenvalue weighted by molar-refractivity contribution is 5.96. The molecule has 1 aromatic heterocycles. The van der Waals surface area contributed by atoms with Gasteiger partial charge in [0.05, 0.1) is 11.8 Å². The van der Waals surface area contributed by atoms with Gasteiger partial charge < -0.3 is 4.52 Å². The van der Waals surface area contributed by atoms with Crippen LogP contribution in [0.4, 0.5) is 0 Å². The Bertz CT molecular complexity index is 380. The zero-order valence-corrected chi connectivity index (χ0v) is 11.3. The average Bonchev–Trinajstić information content (AvgIpc) is 3.11. The second kappa shape index (κ2) is 6.72. The van der Waals surface area contributed by atoms with Crippen molar-refractivity contribution in [3.63, 3.8) is 0 Å². The summed E-state index contributed by atoms with van der Waals surface area (Å²) in [5.41, 5.74) is 0.742. The molecule has 0 bridgehead atoms. The summed E-state index contributed by atoms with van der Waals surface area (Å²) < 4.78 is 5.20. The van der Waals surface area contributed by atoms with Crippen molar-refractivity contribution in [3.05, 3.63) is 17.5 Å². The minimum absolute atomic E-state index is 0.216. The van der Waals surface area contributed by atoms with Crippen molar-refractivity contribution in [3.8, 4) is 0 Å². The third-order valence-corrected chi connectivity index (χ3v) is 3.60. The van der Waals surface area contributed by atoms with E-state index in [1.165, 1.54) is 25.7 Å². The molecule has 0 aliphatic heterocycles. The number of hydrogen-bond acceptors (Lipinski definition) is 3. The summed E-state index contributed by atoms with van der Waals surface area (Å²) in [4.78, 5) is 12.0. The van der Waals surface area contributed by atoms with Crippen molar-refractivity contribution in [2.75, 3.05) is 0 Å². The molecule has 0 unspecified atom stereocenters. The monoisotopic (exact) mass is 249 g/mol. The number of hydrogen-bond donors (Lipinski definition) is 0. The van der Waals surface area contributed by atoms with E-state index in [0.717, 1.165) is 37.0 Å². The molecule has 18 heavy (non-hydrogen) atoms. The predicted molar refractivity (Wildman–Crippen MR) is 70.8 cm³/mol. The zero-order chi connectivity index (χ0) is 12.8. The summed E-state index contributed by atoms with van der Waals surface area (Å²) in [6.45, 7) is 2.22. The normalized spacial score (nSPS) is 14.9. The Kier molecular flexibility index (Phi) is 4.97. The van der Waals surface area contributed by atoms with Crippen molar-refractivity contribution < 1.29 is 9.32 Å². The summed E-state index contributed by atoms with van der Waals surface area (Å²) in [6, 6.07) is 0. The van der Waals surface area contributed by atoms with Gasteiger partial charge >= 0.3 is 0 Å². The van der Waals surface area contributed by atoms with E-state index in [1.807, 2.05) is 0 Å². The molecule has 1 aromatic rings. The van der Waals surface area contributed by atoms with Crippen molar-refractivity contribution in [1.82, 2.24) is 5.16 Å². The molecule has 0 saturated heterocycles. The van der Waals surface area contributed by atoms with Crippen LogP contribution in [-0.4, -0.2) is 10.9 Å². The lowest BCUT2D eigenvalue weighted by Crippen LogP contribution is -2.00. The molecule has 1 saturated carbocycles. The highest BCUT2D eigenvalue weighted by Crippen LogP contribution is 2.41. The highest BCUT2D eigenvalue weighted by Gasteiger charge is 2.31. The van der Waals surface area contributed by atoms with Gasteiger partial charge in [-0.1, -0.05) is 44.2 Å². The van der Waals surface area contributed by atoms with Crippen molar-refractivity contribution in [2.45, 2.75) is 70.6 Å².